The molecule has 0 saturated heterocycles. The Morgan fingerprint density at radius 3 is 2.70 bits per heavy atom. The van der Waals surface area contributed by atoms with Gasteiger partial charge in [-0.25, -0.2) is 0 Å². The summed E-state index contributed by atoms with van der Waals surface area (Å²) in [6.07, 6.45) is 3.40. The second-order valence-corrected chi connectivity index (χ2v) is 3.29. The smallest absolute Gasteiger partial charge is 0.0804 e. The van der Waals surface area contributed by atoms with Crippen molar-refractivity contribution in [2.24, 2.45) is 5.41 Å². The van der Waals surface area contributed by atoms with Gasteiger partial charge in [0.25, 0.3) is 0 Å². The normalized spacial score (nSPS) is 40.7. The number of hydrogen-bond donors (Lipinski definition) is 1. The monoisotopic (exact) mass is 139 g/mol. The first-order valence-corrected chi connectivity index (χ1v) is 3.78. The van der Waals surface area contributed by atoms with E-state index in [2.05, 4.69) is 6.07 Å². The minimum atomic E-state index is -0.460. The molecular formula is C8H13NO. The number of rotatable bonds is 0. The molecule has 0 amide bonds. The molecule has 10 heavy (non-hydrogen) atoms. The predicted molar refractivity (Wildman–Crippen MR) is 38.2 cm³/mol. The Morgan fingerprint density at radius 2 is 2.30 bits per heavy atom. The fourth-order valence-corrected chi connectivity index (χ4v) is 1.45. The number of nitrogens with zero attached hydrogens (tertiary/aromatic N) is 1. The lowest BCUT2D eigenvalue weighted by atomic mass is 9.75. The molecule has 1 fully saturated rings. The van der Waals surface area contributed by atoms with Crippen LogP contribution in [0, 0.1) is 16.7 Å². The van der Waals surface area contributed by atoms with E-state index in [9.17, 15) is 5.11 Å². The zero-order chi connectivity index (χ0) is 7.61. The van der Waals surface area contributed by atoms with Gasteiger partial charge in [-0.2, -0.15) is 5.26 Å². The second kappa shape index (κ2) is 2.59. The Morgan fingerprint density at radius 1 is 1.60 bits per heavy atom. The van der Waals surface area contributed by atoms with Crippen LogP contribution in [0.4, 0.5) is 0 Å². The molecular weight excluding hydrogens is 126 g/mol. The van der Waals surface area contributed by atoms with E-state index in [0.29, 0.717) is 0 Å². The zero-order valence-corrected chi connectivity index (χ0v) is 6.30. The Labute approximate surface area is 61.5 Å². The topological polar surface area (TPSA) is 44.0 Å². The quantitative estimate of drug-likeness (QED) is 0.552. The first-order chi connectivity index (χ1) is 4.69. The SMILES string of the molecule is C[C@@]1(C#N)CCCC[C@@H]1O. The van der Waals surface area contributed by atoms with Gasteiger partial charge in [0, 0.05) is 0 Å². The average Bonchev–Trinajstić information content (AvgIpc) is 1.96. The lowest BCUT2D eigenvalue weighted by molar-refractivity contribution is 0.0377. The highest BCUT2D eigenvalue weighted by Crippen LogP contribution is 2.34. The van der Waals surface area contributed by atoms with E-state index in [-0.39, 0.29) is 0 Å². The fourth-order valence-electron chi connectivity index (χ4n) is 1.45. The Hall–Kier alpha value is -0.550. The lowest BCUT2D eigenvalue weighted by Gasteiger charge is -2.31. The van der Waals surface area contributed by atoms with Gasteiger partial charge in [-0.3, -0.25) is 0 Å². The molecule has 1 rings (SSSR count). The van der Waals surface area contributed by atoms with Gasteiger partial charge in [0.1, 0.15) is 0 Å². The zero-order valence-electron chi connectivity index (χ0n) is 6.30. The molecule has 2 atom stereocenters. The molecule has 0 aromatic heterocycles. The van der Waals surface area contributed by atoms with Crippen molar-refractivity contribution in [2.45, 2.75) is 38.7 Å². The highest BCUT2D eigenvalue weighted by molar-refractivity contribution is 5.02. The van der Waals surface area contributed by atoms with Crippen LogP contribution in [0.2, 0.25) is 0 Å². The third kappa shape index (κ3) is 1.15. The number of nitriles is 1. The summed E-state index contributed by atoms with van der Waals surface area (Å²) in [5, 5.41) is 18.1. The van der Waals surface area contributed by atoms with Crippen molar-refractivity contribution < 1.29 is 5.11 Å². The molecule has 0 radical (unpaired) electrons. The highest BCUT2D eigenvalue weighted by Gasteiger charge is 2.35. The molecule has 1 aliphatic rings. The van der Waals surface area contributed by atoms with Gasteiger partial charge in [-0.1, -0.05) is 12.8 Å². The minimum absolute atomic E-state index is 0.397. The minimum Gasteiger partial charge on any atom is -0.391 e. The van der Waals surface area contributed by atoms with E-state index < -0.39 is 11.5 Å². The summed E-state index contributed by atoms with van der Waals surface area (Å²) in [5.74, 6) is 0. The van der Waals surface area contributed by atoms with Crippen molar-refractivity contribution in [3.63, 3.8) is 0 Å². The van der Waals surface area contributed by atoms with Crippen LogP contribution in [-0.2, 0) is 0 Å². The number of aliphatic hydroxyl groups excluding tert-OH is 1. The molecule has 56 valence electrons. The van der Waals surface area contributed by atoms with Gasteiger partial charge < -0.3 is 5.11 Å². The van der Waals surface area contributed by atoms with Crippen molar-refractivity contribution >= 4 is 0 Å². The molecule has 2 nitrogen and oxygen atoms in total. The van der Waals surface area contributed by atoms with Gasteiger partial charge in [-0.05, 0) is 19.8 Å². The maximum atomic E-state index is 9.41. The average molecular weight is 139 g/mol. The second-order valence-electron chi connectivity index (χ2n) is 3.29. The molecule has 0 heterocycles. The molecule has 0 unspecified atom stereocenters. The van der Waals surface area contributed by atoms with Crippen molar-refractivity contribution in [3.8, 4) is 6.07 Å². The molecule has 0 aromatic carbocycles. The van der Waals surface area contributed by atoms with Gasteiger partial charge in [0.2, 0.25) is 0 Å². The largest absolute Gasteiger partial charge is 0.391 e. The standard InChI is InChI=1S/C8H13NO/c1-8(6-9)5-3-2-4-7(8)10/h7,10H,2-5H2,1H3/t7-,8-/m0/s1. The van der Waals surface area contributed by atoms with Crippen molar-refractivity contribution in [2.75, 3.05) is 0 Å². The van der Waals surface area contributed by atoms with E-state index >= 15 is 0 Å². The third-order valence-electron chi connectivity index (χ3n) is 2.41. The summed E-state index contributed by atoms with van der Waals surface area (Å²) in [5.41, 5.74) is -0.460. The van der Waals surface area contributed by atoms with Gasteiger partial charge in [-0.15, -0.1) is 0 Å². The van der Waals surface area contributed by atoms with Crippen LogP contribution >= 0.6 is 0 Å². The summed E-state index contributed by atoms with van der Waals surface area (Å²) in [7, 11) is 0. The first kappa shape index (κ1) is 7.56. The number of aliphatic hydroxyl groups is 1. The molecule has 1 aliphatic carbocycles. The van der Waals surface area contributed by atoms with E-state index in [4.69, 9.17) is 5.26 Å². The Bertz CT molecular complexity index is 161. The van der Waals surface area contributed by atoms with Crippen LogP contribution in [0.15, 0.2) is 0 Å². The maximum Gasteiger partial charge on any atom is 0.0804 e. The lowest BCUT2D eigenvalue weighted by Crippen LogP contribution is -2.33. The van der Waals surface area contributed by atoms with Crippen molar-refractivity contribution in [1.82, 2.24) is 0 Å². The summed E-state index contributed by atoms with van der Waals surface area (Å²) in [6, 6.07) is 2.18. The van der Waals surface area contributed by atoms with Crippen LogP contribution in [-0.4, -0.2) is 11.2 Å². The Kier molecular flexibility index (Phi) is 1.96. The highest BCUT2D eigenvalue weighted by atomic mass is 16.3. The van der Waals surface area contributed by atoms with E-state index in [1.807, 2.05) is 6.92 Å². The number of hydrogen-bond acceptors (Lipinski definition) is 2. The van der Waals surface area contributed by atoms with E-state index in [1.165, 1.54) is 0 Å². The van der Waals surface area contributed by atoms with E-state index in [0.717, 1.165) is 25.7 Å². The molecule has 1 N–H and O–H groups in total. The van der Waals surface area contributed by atoms with Crippen LogP contribution in [0.5, 0.6) is 0 Å². The van der Waals surface area contributed by atoms with Gasteiger partial charge in [0.05, 0.1) is 17.6 Å². The first-order valence-electron chi connectivity index (χ1n) is 3.78. The molecule has 0 aliphatic heterocycles. The van der Waals surface area contributed by atoms with Crippen molar-refractivity contribution in [3.05, 3.63) is 0 Å². The molecule has 0 spiro atoms. The molecule has 2 heteroatoms. The van der Waals surface area contributed by atoms with Gasteiger partial charge in [0.15, 0.2) is 0 Å². The summed E-state index contributed by atoms with van der Waals surface area (Å²) in [6.45, 7) is 1.84. The van der Waals surface area contributed by atoms with Crippen LogP contribution in [0.1, 0.15) is 32.6 Å². The maximum absolute atomic E-state index is 9.41. The summed E-state index contributed by atoms with van der Waals surface area (Å²) >= 11 is 0. The van der Waals surface area contributed by atoms with Crippen LogP contribution in [0.3, 0.4) is 0 Å². The molecule has 1 saturated carbocycles. The molecule has 0 bridgehead atoms. The van der Waals surface area contributed by atoms with Crippen molar-refractivity contribution in [1.29, 1.82) is 5.26 Å². The fraction of sp³-hybridized carbons (Fsp3) is 0.875. The van der Waals surface area contributed by atoms with Crippen LogP contribution < -0.4 is 0 Å². The third-order valence-corrected chi connectivity index (χ3v) is 2.41. The summed E-state index contributed by atoms with van der Waals surface area (Å²) in [4.78, 5) is 0. The Balaban J connectivity index is 2.65. The van der Waals surface area contributed by atoms with Gasteiger partial charge >= 0.3 is 0 Å². The predicted octanol–water partition coefficient (Wildman–Crippen LogP) is 1.45. The molecule has 0 aromatic rings. The van der Waals surface area contributed by atoms with E-state index in [1.54, 1.807) is 0 Å². The summed E-state index contributed by atoms with van der Waals surface area (Å²) < 4.78 is 0. The van der Waals surface area contributed by atoms with Crippen LogP contribution in [0.25, 0.3) is 0 Å².